The SMILES string of the molecule is CN1CC(N(Cc2ccc(F)cc2)C(=O)CN2C(=O)N[C@]3(C[C@@H](F)c4cc(-c5cnn(C)c5F)ccc43)C2=O)(C(F)(F)F)C1. The van der Waals surface area contributed by atoms with Crippen LogP contribution in [-0.4, -0.2) is 80.7 Å². The number of hydrogen-bond donors (Lipinski definition) is 1. The summed E-state index contributed by atoms with van der Waals surface area (Å²) in [6.45, 7) is -2.71. The quantitative estimate of drug-likeness (QED) is 0.335. The zero-order valence-corrected chi connectivity index (χ0v) is 23.5. The number of likely N-dealkylation sites (tertiary alicyclic amines) is 1. The lowest BCUT2D eigenvalue weighted by Crippen LogP contribution is -2.77. The van der Waals surface area contributed by atoms with Crippen LogP contribution in [0.4, 0.5) is 31.1 Å². The first-order valence-electron chi connectivity index (χ1n) is 13.6. The van der Waals surface area contributed by atoms with Crippen LogP contribution < -0.4 is 5.32 Å². The van der Waals surface area contributed by atoms with Crippen molar-refractivity contribution in [1.29, 1.82) is 0 Å². The number of nitrogens with one attached hydrogen (secondary N) is 1. The van der Waals surface area contributed by atoms with Crippen LogP contribution in [0.3, 0.4) is 0 Å². The predicted molar refractivity (Wildman–Crippen MR) is 142 cm³/mol. The molecule has 3 aliphatic rings. The largest absolute Gasteiger partial charge is 0.414 e. The first kappa shape index (κ1) is 29.7. The van der Waals surface area contributed by atoms with Gasteiger partial charge in [-0.3, -0.25) is 14.5 Å². The Morgan fingerprint density at radius 1 is 1.09 bits per heavy atom. The number of alkyl halides is 4. The van der Waals surface area contributed by atoms with Crippen molar-refractivity contribution in [1.82, 2.24) is 29.8 Å². The van der Waals surface area contributed by atoms with Crippen LogP contribution in [-0.2, 0) is 28.7 Å². The van der Waals surface area contributed by atoms with E-state index in [2.05, 4.69) is 10.4 Å². The van der Waals surface area contributed by atoms with Crippen molar-refractivity contribution in [2.45, 2.75) is 36.4 Å². The molecular formula is C29H26F6N6O3. The molecule has 1 aliphatic carbocycles. The summed E-state index contributed by atoms with van der Waals surface area (Å²) in [6.07, 6.45) is -5.88. The Labute approximate surface area is 247 Å². The van der Waals surface area contributed by atoms with Crippen LogP contribution in [0.1, 0.15) is 29.3 Å². The summed E-state index contributed by atoms with van der Waals surface area (Å²) in [4.78, 5) is 42.9. The van der Waals surface area contributed by atoms with E-state index in [1.807, 2.05) is 0 Å². The van der Waals surface area contributed by atoms with Gasteiger partial charge in [-0.1, -0.05) is 24.3 Å². The topological polar surface area (TPSA) is 90.8 Å². The highest BCUT2D eigenvalue weighted by Crippen LogP contribution is 2.50. The van der Waals surface area contributed by atoms with Gasteiger partial charge in [0.1, 0.15) is 24.1 Å². The van der Waals surface area contributed by atoms with Crippen molar-refractivity contribution < 1.29 is 40.7 Å². The summed E-state index contributed by atoms with van der Waals surface area (Å²) in [5, 5.41) is 6.29. The molecule has 2 aliphatic heterocycles. The molecular weight excluding hydrogens is 594 g/mol. The van der Waals surface area contributed by atoms with E-state index in [9.17, 15) is 36.3 Å². The first-order valence-corrected chi connectivity index (χ1v) is 13.6. The van der Waals surface area contributed by atoms with Crippen molar-refractivity contribution in [2.75, 3.05) is 26.7 Å². The Bertz CT molecular complexity index is 1670. The molecule has 1 N–H and O–H groups in total. The molecule has 44 heavy (non-hydrogen) atoms. The number of halogens is 6. The number of hydrogen-bond acceptors (Lipinski definition) is 5. The van der Waals surface area contributed by atoms with E-state index in [-0.39, 0.29) is 27.8 Å². The Morgan fingerprint density at radius 3 is 2.36 bits per heavy atom. The number of likely N-dealkylation sites (N-methyl/N-ethyl adjacent to an activating group) is 1. The van der Waals surface area contributed by atoms with E-state index in [4.69, 9.17) is 0 Å². The van der Waals surface area contributed by atoms with Crippen molar-refractivity contribution in [3.63, 3.8) is 0 Å². The first-order chi connectivity index (χ1) is 20.7. The van der Waals surface area contributed by atoms with Gasteiger partial charge in [-0.25, -0.2) is 18.3 Å². The Hall–Kier alpha value is -4.40. The van der Waals surface area contributed by atoms with E-state index in [1.54, 1.807) is 0 Å². The van der Waals surface area contributed by atoms with Crippen LogP contribution >= 0.6 is 0 Å². The van der Waals surface area contributed by atoms with Crippen molar-refractivity contribution in [2.24, 2.45) is 7.05 Å². The number of carbonyl (C=O) groups excluding carboxylic acids is 3. The lowest BCUT2D eigenvalue weighted by atomic mass is 9.86. The second-order valence-electron chi connectivity index (χ2n) is 11.5. The molecule has 2 saturated heterocycles. The number of aromatic nitrogens is 2. The molecule has 4 amide bonds. The number of amides is 4. The molecule has 2 aromatic carbocycles. The van der Waals surface area contributed by atoms with Gasteiger partial charge in [-0.05, 0) is 47.5 Å². The van der Waals surface area contributed by atoms with Gasteiger partial charge < -0.3 is 15.1 Å². The van der Waals surface area contributed by atoms with Crippen LogP contribution in [0.15, 0.2) is 48.7 Å². The van der Waals surface area contributed by atoms with E-state index in [0.29, 0.717) is 9.80 Å². The summed E-state index contributed by atoms with van der Waals surface area (Å²) in [5.74, 6) is -3.45. The predicted octanol–water partition coefficient (Wildman–Crippen LogP) is 3.80. The van der Waals surface area contributed by atoms with Crippen molar-refractivity contribution in [3.8, 4) is 11.1 Å². The number of fused-ring (bicyclic) bond motifs is 2. The van der Waals surface area contributed by atoms with Gasteiger partial charge in [0, 0.05) is 33.1 Å². The second kappa shape index (κ2) is 10.1. The van der Waals surface area contributed by atoms with Crippen LogP contribution in [0.5, 0.6) is 0 Å². The highest BCUT2D eigenvalue weighted by Gasteiger charge is 2.66. The molecule has 9 nitrogen and oxygen atoms in total. The highest BCUT2D eigenvalue weighted by atomic mass is 19.4. The molecule has 2 atom stereocenters. The number of urea groups is 1. The smallest absolute Gasteiger partial charge is 0.320 e. The Kier molecular flexibility index (Phi) is 6.79. The summed E-state index contributed by atoms with van der Waals surface area (Å²) in [7, 11) is 2.84. The minimum absolute atomic E-state index is 0.0269. The third-order valence-electron chi connectivity index (χ3n) is 8.64. The maximum absolute atomic E-state index is 15.4. The Balaban J connectivity index is 1.30. The molecule has 1 aromatic heterocycles. The monoisotopic (exact) mass is 620 g/mol. The van der Waals surface area contributed by atoms with Gasteiger partial charge in [-0.2, -0.15) is 22.7 Å². The normalized spacial score (nSPS) is 22.7. The molecule has 15 heteroatoms. The van der Waals surface area contributed by atoms with E-state index >= 15 is 4.39 Å². The molecule has 3 heterocycles. The molecule has 0 radical (unpaired) electrons. The molecule has 1 spiro atoms. The van der Waals surface area contributed by atoms with Crippen molar-refractivity contribution in [3.05, 3.63) is 77.1 Å². The van der Waals surface area contributed by atoms with Crippen LogP contribution in [0, 0.1) is 11.8 Å². The third kappa shape index (κ3) is 4.43. The van der Waals surface area contributed by atoms with E-state index in [0.717, 1.165) is 16.8 Å². The molecule has 2 fully saturated rings. The number of aryl methyl sites for hydroxylation is 1. The van der Waals surface area contributed by atoms with Gasteiger partial charge >= 0.3 is 12.2 Å². The summed E-state index contributed by atoms with van der Waals surface area (Å²) >= 11 is 0. The van der Waals surface area contributed by atoms with Crippen molar-refractivity contribution >= 4 is 17.8 Å². The molecule has 232 valence electrons. The number of imide groups is 1. The summed E-state index contributed by atoms with van der Waals surface area (Å²) in [5.41, 5.74) is -3.81. The number of carbonyl (C=O) groups is 3. The lowest BCUT2D eigenvalue weighted by molar-refractivity contribution is -0.268. The summed E-state index contributed by atoms with van der Waals surface area (Å²) < 4.78 is 87.9. The zero-order valence-electron chi connectivity index (χ0n) is 23.5. The fourth-order valence-electron chi connectivity index (χ4n) is 6.39. The average Bonchev–Trinajstić information content (AvgIpc) is 3.51. The van der Waals surface area contributed by atoms with Gasteiger partial charge in [0.05, 0.1) is 11.8 Å². The molecule has 3 aromatic rings. The number of rotatable bonds is 6. The standard InChI is InChI=1S/C29H26F6N6O3/c1-38-14-27(15-38,29(33,34)35)41(12-16-3-6-18(30)7-4-16)23(42)13-40-25(43)28(37-26(40)44)10-22(31)19-9-17(5-8-21(19)28)20-11-36-39(2)24(20)32/h3-9,11,22H,10,12-15H2,1-2H3,(H,37,44)/t22-,28+/m1/s1. The Morgan fingerprint density at radius 2 is 1.77 bits per heavy atom. The molecule has 0 saturated carbocycles. The minimum atomic E-state index is -4.87. The molecule has 6 rings (SSSR count). The average molecular weight is 621 g/mol. The van der Waals surface area contributed by atoms with Gasteiger partial charge in [0.2, 0.25) is 11.9 Å². The van der Waals surface area contributed by atoms with E-state index < -0.39 is 85.6 Å². The number of nitrogens with zero attached hydrogens (tertiary/aromatic N) is 5. The second-order valence-corrected chi connectivity index (χ2v) is 11.5. The fraction of sp³-hybridized carbons (Fsp3) is 0.379. The van der Waals surface area contributed by atoms with Crippen LogP contribution in [0.2, 0.25) is 0 Å². The van der Waals surface area contributed by atoms with Gasteiger partial charge in [0.15, 0.2) is 5.54 Å². The lowest BCUT2D eigenvalue weighted by Gasteiger charge is -2.55. The highest BCUT2D eigenvalue weighted by molar-refractivity contribution is 6.10. The van der Waals surface area contributed by atoms with Gasteiger partial charge in [-0.15, -0.1) is 0 Å². The van der Waals surface area contributed by atoms with E-state index in [1.165, 1.54) is 55.5 Å². The van der Waals surface area contributed by atoms with Gasteiger partial charge in [0.25, 0.3) is 5.91 Å². The third-order valence-corrected chi connectivity index (χ3v) is 8.64. The fourth-order valence-corrected chi connectivity index (χ4v) is 6.39. The summed E-state index contributed by atoms with van der Waals surface area (Å²) in [6, 6.07) is 7.68. The maximum Gasteiger partial charge on any atom is 0.414 e. The number of benzene rings is 2. The maximum atomic E-state index is 15.4. The molecule has 0 unspecified atom stereocenters. The minimum Gasteiger partial charge on any atom is -0.320 e. The zero-order chi connectivity index (χ0) is 31.8. The molecule has 0 bridgehead atoms. The van der Waals surface area contributed by atoms with Crippen LogP contribution in [0.25, 0.3) is 11.1 Å².